The second-order valence-corrected chi connectivity index (χ2v) is 14.4. The number of aliphatic hydroxyl groups excluding tert-OH is 2. The van der Waals surface area contributed by atoms with E-state index < -0.39 is 68.4 Å². The molecule has 0 radical (unpaired) electrons. The lowest BCUT2D eigenvalue weighted by molar-refractivity contribution is -0.171. The Morgan fingerprint density at radius 3 is 2.29 bits per heavy atom. The number of ether oxygens (including phenoxy) is 1. The molecule has 7 aliphatic heterocycles. The number of fused-ring (bicyclic) bond motifs is 5. The molecule has 1 aromatic carbocycles. The quantitative estimate of drug-likeness (QED) is 0.263. The summed E-state index contributed by atoms with van der Waals surface area (Å²) in [6, 6.07) is 5.46. The van der Waals surface area contributed by atoms with Crippen LogP contribution in [0.1, 0.15) is 32.8 Å². The van der Waals surface area contributed by atoms with Crippen LogP contribution in [0.15, 0.2) is 35.6 Å². The standard InChI is InChI=1S/C25H25N3O8S2/c1-9-21(2,3)14-12(36-9)8-13-23(35,15(14)29)17(31)24-20(33)28-18-22(34,10-6-4-5-7-11(10)26-18)16(30)25(28,38-37-24)19(32)27(13)24/h4-7,9,13,16-18,26,30-31,34-35H,8H2,1-3H3/t9-,13-,16+,17+,18+,22+,23+,24+,25+/m0/s1. The molecule has 0 saturated carbocycles. The van der Waals surface area contributed by atoms with Crippen LogP contribution in [-0.2, 0) is 24.7 Å². The van der Waals surface area contributed by atoms with Crippen molar-refractivity contribution in [1.82, 2.24) is 9.80 Å². The molecule has 5 N–H and O–H groups in total. The minimum Gasteiger partial charge on any atom is -0.494 e. The fraction of sp³-hybridized carbons (Fsp3) is 0.560. The van der Waals surface area contributed by atoms with Crippen molar-refractivity contribution in [2.45, 2.75) is 78.7 Å². The Balaban J connectivity index is 1.31. The van der Waals surface area contributed by atoms with Crippen LogP contribution in [0.25, 0.3) is 0 Å². The zero-order chi connectivity index (χ0) is 26.9. The Bertz CT molecular complexity index is 1450. The van der Waals surface area contributed by atoms with Gasteiger partial charge < -0.3 is 35.4 Å². The van der Waals surface area contributed by atoms with Crippen LogP contribution in [-0.4, -0.2) is 93.7 Å². The number of amides is 2. The molecule has 1 aliphatic carbocycles. The van der Waals surface area contributed by atoms with E-state index >= 15 is 0 Å². The van der Waals surface area contributed by atoms with Gasteiger partial charge in [0, 0.05) is 28.7 Å². The van der Waals surface area contributed by atoms with Gasteiger partial charge in [0.1, 0.15) is 30.2 Å². The van der Waals surface area contributed by atoms with Crippen LogP contribution >= 0.6 is 21.6 Å². The number of piperazine rings is 1. The molecule has 0 unspecified atom stereocenters. The Morgan fingerprint density at radius 1 is 0.974 bits per heavy atom. The Kier molecular flexibility index (Phi) is 3.95. The molecule has 11 nitrogen and oxygen atoms in total. The Labute approximate surface area is 224 Å². The lowest BCUT2D eigenvalue weighted by Crippen LogP contribution is -2.79. The van der Waals surface area contributed by atoms with Crippen molar-refractivity contribution in [3.05, 3.63) is 41.2 Å². The van der Waals surface area contributed by atoms with Gasteiger partial charge in [-0.25, -0.2) is 0 Å². The number of hydrogen-bond donors (Lipinski definition) is 5. The van der Waals surface area contributed by atoms with Crippen LogP contribution in [0.3, 0.4) is 0 Å². The predicted octanol–water partition coefficient (Wildman–Crippen LogP) is -0.395. The van der Waals surface area contributed by atoms with Gasteiger partial charge in [-0.2, -0.15) is 0 Å². The molecule has 9 atom stereocenters. The maximum absolute atomic E-state index is 14.4. The van der Waals surface area contributed by atoms with E-state index in [9.17, 15) is 34.8 Å². The molecule has 5 saturated heterocycles. The lowest BCUT2D eigenvalue weighted by Gasteiger charge is -2.58. The molecule has 38 heavy (non-hydrogen) atoms. The number of rotatable bonds is 0. The van der Waals surface area contributed by atoms with Gasteiger partial charge in [-0.1, -0.05) is 32.0 Å². The third-order valence-electron chi connectivity index (χ3n) is 10.0. The number of benzene rings is 1. The topological polar surface area (TPSA) is 160 Å². The van der Waals surface area contributed by atoms with Gasteiger partial charge in [0.2, 0.25) is 9.74 Å². The zero-order valence-electron chi connectivity index (χ0n) is 20.5. The summed E-state index contributed by atoms with van der Waals surface area (Å²) in [6.45, 7) is 5.44. The van der Waals surface area contributed by atoms with Crippen molar-refractivity contribution in [3.8, 4) is 0 Å². The van der Waals surface area contributed by atoms with Crippen molar-refractivity contribution >= 4 is 44.9 Å². The summed E-state index contributed by atoms with van der Waals surface area (Å²) in [5.41, 5.74) is -4.11. The van der Waals surface area contributed by atoms with Gasteiger partial charge in [-0.15, -0.1) is 0 Å². The molecule has 2 spiro atoms. The van der Waals surface area contributed by atoms with Gasteiger partial charge in [-0.05, 0) is 34.6 Å². The van der Waals surface area contributed by atoms with Crippen molar-refractivity contribution in [1.29, 1.82) is 0 Å². The van der Waals surface area contributed by atoms with Gasteiger partial charge in [-0.3, -0.25) is 19.3 Å². The number of ketones is 1. The normalized spacial score (nSPS) is 48.8. The molecular weight excluding hydrogens is 534 g/mol. The number of nitrogens with zero attached hydrogens (tertiary/aromatic N) is 2. The number of nitrogens with one attached hydrogen (secondary N) is 1. The largest absolute Gasteiger partial charge is 0.494 e. The summed E-state index contributed by atoms with van der Waals surface area (Å²) in [6.07, 6.45) is -5.36. The average molecular weight is 560 g/mol. The van der Waals surface area contributed by atoms with Crippen LogP contribution in [0.4, 0.5) is 5.69 Å². The second-order valence-electron chi connectivity index (χ2n) is 11.8. The van der Waals surface area contributed by atoms with Gasteiger partial charge in [0.05, 0.1) is 6.04 Å². The highest BCUT2D eigenvalue weighted by molar-refractivity contribution is 8.78. The summed E-state index contributed by atoms with van der Waals surface area (Å²) >= 11 is 0. The van der Waals surface area contributed by atoms with Crippen molar-refractivity contribution in [3.63, 3.8) is 0 Å². The first kappa shape index (κ1) is 23.6. The minimum absolute atomic E-state index is 0.0741. The number of carbonyl (C=O) groups is 3. The Morgan fingerprint density at radius 2 is 1.58 bits per heavy atom. The van der Waals surface area contributed by atoms with Crippen LogP contribution in [0.5, 0.6) is 0 Å². The van der Waals surface area contributed by atoms with E-state index in [1.54, 1.807) is 24.3 Å². The van der Waals surface area contributed by atoms with E-state index in [-0.39, 0.29) is 18.1 Å². The molecule has 5 fully saturated rings. The SMILES string of the molecule is C[C@@H]1OC2=C(C(=O)[C@]3(O)[C@H](C2)N2C(=O)[C@@]45SS[C@@]2(C(=O)N4[C@H]2Nc4ccccc4[C@@]2(O)[C@H]5O)[C@@H]3O)C1(C)C. The molecule has 200 valence electrons. The summed E-state index contributed by atoms with van der Waals surface area (Å²) in [5.74, 6) is -1.95. The van der Waals surface area contributed by atoms with Crippen LogP contribution in [0, 0.1) is 5.41 Å². The number of Topliss-reactive ketones (excluding diaryl/α,β-unsaturated/α-hetero) is 1. The second kappa shape index (κ2) is 6.37. The van der Waals surface area contributed by atoms with Gasteiger partial charge >= 0.3 is 0 Å². The fourth-order valence-electron chi connectivity index (χ4n) is 7.75. The number of aliphatic hydroxyl groups is 4. The molecule has 1 aromatic rings. The van der Waals surface area contributed by atoms with Crippen LogP contribution < -0.4 is 5.32 Å². The van der Waals surface area contributed by atoms with E-state index in [1.165, 1.54) is 0 Å². The van der Waals surface area contributed by atoms with E-state index in [4.69, 9.17) is 4.74 Å². The first-order valence-electron chi connectivity index (χ1n) is 12.5. The molecule has 7 heterocycles. The summed E-state index contributed by atoms with van der Waals surface area (Å²) < 4.78 is 6.00. The molecular formula is C25H25N3O8S2. The average Bonchev–Trinajstić information content (AvgIpc) is 3.44. The number of anilines is 1. The summed E-state index contributed by atoms with van der Waals surface area (Å²) in [4.78, 5) is 41.1. The molecule has 13 heteroatoms. The van der Waals surface area contributed by atoms with Crippen molar-refractivity contribution < 1.29 is 39.5 Å². The highest BCUT2D eigenvalue weighted by Gasteiger charge is 2.89. The predicted molar refractivity (Wildman–Crippen MR) is 134 cm³/mol. The monoisotopic (exact) mass is 559 g/mol. The number of para-hydroxylation sites is 1. The molecule has 2 amide bonds. The molecule has 9 rings (SSSR count). The van der Waals surface area contributed by atoms with E-state index in [0.29, 0.717) is 17.0 Å². The maximum atomic E-state index is 14.4. The molecule has 2 bridgehead atoms. The van der Waals surface area contributed by atoms with E-state index in [1.807, 2.05) is 20.8 Å². The summed E-state index contributed by atoms with van der Waals surface area (Å²) in [5, 5.41) is 50.5. The highest BCUT2D eigenvalue weighted by Crippen LogP contribution is 2.72. The summed E-state index contributed by atoms with van der Waals surface area (Å²) in [7, 11) is 1.72. The zero-order valence-corrected chi connectivity index (χ0v) is 22.2. The van der Waals surface area contributed by atoms with E-state index in [2.05, 4.69) is 5.32 Å². The smallest absolute Gasteiger partial charge is 0.266 e. The fourth-order valence-corrected chi connectivity index (χ4v) is 11.7. The van der Waals surface area contributed by atoms with Gasteiger partial charge in [0.25, 0.3) is 11.8 Å². The highest BCUT2D eigenvalue weighted by atomic mass is 33.1. The lowest BCUT2D eigenvalue weighted by atomic mass is 9.68. The third-order valence-corrected chi connectivity index (χ3v) is 13.6. The first-order chi connectivity index (χ1) is 17.8. The van der Waals surface area contributed by atoms with Crippen molar-refractivity contribution in [2.75, 3.05) is 5.32 Å². The first-order valence-corrected chi connectivity index (χ1v) is 14.6. The van der Waals surface area contributed by atoms with Gasteiger partial charge in [0.15, 0.2) is 17.0 Å². The maximum Gasteiger partial charge on any atom is 0.266 e. The number of carbonyl (C=O) groups excluding carboxylic acids is 3. The minimum atomic E-state index is -2.46. The van der Waals surface area contributed by atoms with Crippen LogP contribution in [0.2, 0.25) is 0 Å². The molecule has 8 aliphatic rings. The number of hydrogen-bond acceptors (Lipinski definition) is 11. The third kappa shape index (κ3) is 1.96. The Hall–Kier alpha value is -2.29. The van der Waals surface area contributed by atoms with Crippen molar-refractivity contribution in [2.24, 2.45) is 5.41 Å². The van der Waals surface area contributed by atoms with E-state index in [0.717, 1.165) is 31.4 Å². The molecule has 0 aromatic heterocycles.